The summed E-state index contributed by atoms with van der Waals surface area (Å²) in [6, 6.07) is 62.6. The summed E-state index contributed by atoms with van der Waals surface area (Å²) in [7, 11) is 11.0. The molecule has 0 fully saturated rings. The van der Waals surface area contributed by atoms with E-state index in [4.69, 9.17) is 17.0 Å². The predicted molar refractivity (Wildman–Crippen MR) is 257 cm³/mol. The topological polar surface area (TPSA) is 0 Å². The van der Waals surface area contributed by atoms with Gasteiger partial charge in [-0.2, -0.15) is 12.1 Å². The normalized spacial score (nSPS) is 10.9. The van der Waals surface area contributed by atoms with E-state index in [0.29, 0.717) is 0 Å². The van der Waals surface area contributed by atoms with Gasteiger partial charge in [0.2, 0.25) is 0 Å². The molecule has 0 nitrogen and oxygen atoms in total. The van der Waals surface area contributed by atoms with E-state index in [2.05, 4.69) is 197 Å². The number of hydrogen-bond acceptors (Lipinski definition) is 0. The van der Waals surface area contributed by atoms with E-state index in [-0.39, 0.29) is 0 Å². The maximum absolute atomic E-state index is 4.93. The summed E-state index contributed by atoms with van der Waals surface area (Å²) in [5.74, 6) is 0. The summed E-state index contributed by atoms with van der Waals surface area (Å²) in [5, 5.41) is 16.0. The minimum atomic E-state index is -0.826. The van der Waals surface area contributed by atoms with E-state index in [1.165, 1.54) is 111 Å². The van der Waals surface area contributed by atoms with Crippen molar-refractivity contribution in [3.8, 4) is 22.3 Å². The van der Waals surface area contributed by atoms with E-state index in [1.807, 2.05) is 0 Å². The average molecular weight is 887 g/mol. The molecule has 4 heteroatoms. The molecule has 58 heavy (non-hydrogen) atoms. The molecule has 0 amide bonds. The van der Waals surface area contributed by atoms with Gasteiger partial charge < -0.3 is 0 Å². The van der Waals surface area contributed by atoms with Crippen LogP contribution >= 0.6 is 17.0 Å². The summed E-state index contributed by atoms with van der Waals surface area (Å²) < 4.78 is 0. The van der Waals surface area contributed by atoms with Gasteiger partial charge in [0.25, 0.3) is 0 Å². The Hall–Kier alpha value is -4.30. The molecule has 10 rings (SSSR count). The molecule has 0 heterocycles. The van der Waals surface area contributed by atoms with Gasteiger partial charge in [0.15, 0.2) is 0 Å². The van der Waals surface area contributed by atoms with E-state index in [0.717, 1.165) is 22.4 Å². The van der Waals surface area contributed by atoms with Crippen molar-refractivity contribution >= 4 is 91.2 Å². The van der Waals surface area contributed by atoms with Crippen molar-refractivity contribution in [2.24, 2.45) is 0 Å². The van der Waals surface area contributed by atoms with Crippen molar-refractivity contribution in [1.82, 2.24) is 0 Å². The second-order valence-electron chi connectivity index (χ2n) is 14.8. The average Bonchev–Trinajstić information content (AvgIpc) is 3.87. The van der Waals surface area contributed by atoms with Crippen LogP contribution in [-0.4, -0.2) is 9.52 Å². The van der Waals surface area contributed by atoms with E-state index < -0.39 is 20.8 Å². The number of hydrogen-bond donors (Lipinski definition) is 0. The predicted octanol–water partition coefficient (Wildman–Crippen LogP) is 17.1. The van der Waals surface area contributed by atoms with Crippen molar-refractivity contribution in [3.05, 3.63) is 181 Å². The molecule has 0 atom stereocenters. The zero-order chi connectivity index (χ0) is 40.4. The minimum absolute atomic E-state index is 0.826. The summed E-state index contributed by atoms with van der Waals surface area (Å²) >= 11 is -0.826. The maximum atomic E-state index is 4.93. The SMILES string of the molecule is CCCc1cc2c(-c3c4ccccc4cc4ccccc34)cccc2[cH-]1.CCCc1cc2c(-c3c4ccccc4cc4ccccc34)cccc2[cH-]1.C[Si]C.[Cl][Zr+2][Cl]. The first-order chi connectivity index (χ1) is 28.5. The molecule has 0 aliphatic carbocycles. The van der Waals surface area contributed by atoms with Gasteiger partial charge in [0.1, 0.15) is 0 Å². The summed E-state index contributed by atoms with van der Waals surface area (Å²) in [6.45, 7) is 8.80. The molecule has 0 saturated carbocycles. The zero-order valence-corrected chi connectivity index (χ0v) is 38.7. The molecule has 0 aromatic heterocycles. The fourth-order valence-electron chi connectivity index (χ4n) is 8.50. The van der Waals surface area contributed by atoms with Crippen molar-refractivity contribution in [3.63, 3.8) is 0 Å². The van der Waals surface area contributed by atoms with E-state index >= 15 is 0 Å². The molecule has 0 aliphatic rings. The van der Waals surface area contributed by atoms with Crippen molar-refractivity contribution in [2.45, 2.75) is 52.6 Å². The van der Waals surface area contributed by atoms with E-state index in [9.17, 15) is 0 Å². The Bertz CT molecular complexity index is 2630. The van der Waals surface area contributed by atoms with Crippen LogP contribution in [-0.2, 0) is 33.7 Å². The second-order valence-corrected chi connectivity index (χ2v) is 19.5. The number of rotatable bonds is 6. The summed E-state index contributed by atoms with van der Waals surface area (Å²) in [4.78, 5) is 0. The van der Waals surface area contributed by atoms with Crippen molar-refractivity contribution in [2.75, 3.05) is 0 Å². The summed E-state index contributed by atoms with van der Waals surface area (Å²) in [5.41, 5.74) is 8.30. The van der Waals surface area contributed by atoms with Gasteiger partial charge in [-0.3, -0.25) is 0 Å². The zero-order valence-electron chi connectivity index (χ0n) is 33.8. The molecule has 2 radical (unpaired) electrons. The van der Waals surface area contributed by atoms with Gasteiger partial charge in [-0.1, -0.05) is 160 Å². The van der Waals surface area contributed by atoms with Crippen LogP contribution in [0.2, 0.25) is 13.1 Å². The first-order valence-corrected chi connectivity index (χ1v) is 28.6. The van der Waals surface area contributed by atoms with Gasteiger partial charge in [-0.05, 0) is 79.2 Å². The molecule has 0 spiro atoms. The van der Waals surface area contributed by atoms with Crippen LogP contribution in [0.25, 0.3) is 86.9 Å². The van der Waals surface area contributed by atoms with Gasteiger partial charge >= 0.3 is 37.9 Å². The third-order valence-electron chi connectivity index (χ3n) is 10.8. The Labute approximate surface area is 365 Å². The molecule has 0 N–H and O–H groups in total. The van der Waals surface area contributed by atoms with Gasteiger partial charge in [0, 0.05) is 9.52 Å². The Morgan fingerprint density at radius 1 is 0.431 bits per heavy atom. The van der Waals surface area contributed by atoms with Crippen molar-refractivity contribution in [1.29, 1.82) is 0 Å². The van der Waals surface area contributed by atoms with Crippen molar-refractivity contribution < 1.29 is 20.8 Å². The van der Waals surface area contributed by atoms with Crippen LogP contribution in [0.4, 0.5) is 0 Å². The third-order valence-corrected chi connectivity index (χ3v) is 10.8. The molecule has 0 bridgehead atoms. The fraction of sp³-hybridized carbons (Fsp3) is 0.148. The van der Waals surface area contributed by atoms with Crippen LogP contribution in [0, 0.1) is 0 Å². The molecule has 10 aromatic rings. The molecular weight excluding hydrogens is 839 g/mol. The molecule has 286 valence electrons. The first-order valence-electron chi connectivity index (χ1n) is 20.3. The van der Waals surface area contributed by atoms with Crippen LogP contribution < -0.4 is 0 Å². The van der Waals surface area contributed by atoms with Crippen LogP contribution in [0.1, 0.15) is 37.8 Å². The van der Waals surface area contributed by atoms with Crippen LogP contribution in [0.3, 0.4) is 0 Å². The standard InChI is InChI=1S/2C26H21.C2H6Si.2ClH.Zr/c2*1-2-8-18-15-19-11-7-14-24(25(19)16-18)26-22-12-5-3-9-20(22)17-21-10-4-6-13-23(21)26;1-3-2;;;/h2*3-7,9-17H,2,8H2,1H3;1-2H3;2*1H;/q2*-1;;;;+4/p-2. The van der Waals surface area contributed by atoms with Gasteiger partial charge in [0.05, 0.1) is 0 Å². The Balaban J connectivity index is 0.000000156. The van der Waals surface area contributed by atoms with Crippen LogP contribution in [0.5, 0.6) is 0 Å². The summed E-state index contributed by atoms with van der Waals surface area (Å²) in [6.07, 6.45) is 4.65. The Morgan fingerprint density at radius 2 is 0.741 bits per heavy atom. The molecule has 10 aromatic carbocycles. The molecular formula is C54H48Cl2SiZr. The Kier molecular flexibility index (Phi) is 14.5. The van der Waals surface area contributed by atoms with Gasteiger partial charge in [-0.15, -0.1) is 69.1 Å². The van der Waals surface area contributed by atoms with E-state index in [1.54, 1.807) is 0 Å². The molecule has 0 unspecified atom stereocenters. The number of aryl methyl sites for hydroxylation is 2. The third kappa shape index (κ3) is 8.97. The van der Waals surface area contributed by atoms with Gasteiger partial charge in [-0.25, -0.2) is 0 Å². The first kappa shape index (κ1) is 41.8. The van der Waals surface area contributed by atoms with Crippen LogP contribution in [0.15, 0.2) is 170 Å². The molecule has 0 saturated heterocycles. The molecule has 0 aliphatic heterocycles. The quantitative estimate of drug-likeness (QED) is 0.0887. The monoisotopic (exact) mass is 884 g/mol. The number of fused-ring (bicyclic) bond motifs is 6. The second kappa shape index (κ2) is 20.1. The number of benzene rings is 8. The fourth-order valence-corrected chi connectivity index (χ4v) is 8.50. The number of halogens is 2. The Morgan fingerprint density at radius 3 is 1.05 bits per heavy atom.